The number of ether oxygens (including phenoxy) is 1. The molecule has 5 nitrogen and oxygen atoms in total. The third kappa shape index (κ3) is 7.63. The van der Waals surface area contributed by atoms with Crippen molar-refractivity contribution < 1.29 is 25.8 Å². The monoisotopic (exact) mass is 899 g/mol. The maximum atomic E-state index is 6.77. The number of hydrogen-bond acceptors (Lipinski definition) is 3. The van der Waals surface area contributed by atoms with Crippen molar-refractivity contribution in [2.24, 2.45) is 11.8 Å². The third-order valence-corrected chi connectivity index (χ3v) is 11.2. The van der Waals surface area contributed by atoms with E-state index in [1.807, 2.05) is 12.3 Å². The molecule has 1 aliphatic carbocycles. The molecule has 1 unspecified atom stereocenters. The van der Waals surface area contributed by atoms with Crippen molar-refractivity contribution in [1.29, 1.82) is 0 Å². The molecular weight excluding hydrogens is 844 g/mol. The number of rotatable bonds is 8. The van der Waals surface area contributed by atoms with Crippen molar-refractivity contribution in [2.45, 2.75) is 119 Å². The smallest absolute Gasteiger partial charge is 0.509 e. The van der Waals surface area contributed by atoms with Gasteiger partial charge in [0.25, 0.3) is 0 Å². The fraction of sp³-hybridized carbons (Fsp3) is 0.417. The quantitative estimate of drug-likeness (QED) is 0.113. The van der Waals surface area contributed by atoms with E-state index in [0.29, 0.717) is 29.3 Å². The summed E-state index contributed by atoms with van der Waals surface area (Å²) in [6.45, 7) is 25.0. The van der Waals surface area contributed by atoms with Gasteiger partial charge in [-0.3, -0.25) is 4.68 Å². The molecule has 0 radical (unpaired) electrons. The molecule has 0 amide bonds. The summed E-state index contributed by atoms with van der Waals surface area (Å²) in [5.41, 5.74) is 10.5. The Hall–Kier alpha value is -3.95. The number of para-hydroxylation sites is 1. The van der Waals surface area contributed by atoms with E-state index in [2.05, 4.69) is 158 Å². The summed E-state index contributed by atoms with van der Waals surface area (Å²) in [4.78, 5) is 4.86. The van der Waals surface area contributed by atoms with Gasteiger partial charge in [-0.05, 0) is 90.6 Å². The zero-order valence-corrected chi connectivity index (χ0v) is 36.3. The maximum Gasteiger partial charge on any atom is 2.00 e. The van der Waals surface area contributed by atoms with Crippen LogP contribution in [-0.4, -0.2) is 19.3 Å². The van der Waals surface area contributed by atoms with Crippen molar-refractivity contribution in [3.8, 4) is 23.0 Å². The predicted octanol–water partition coefficient (Wildman–Crippen LogP) is 12.7. The number of benzene rings is 3. The van der Waals surface area contributed by atoms with E-state index in [-0.39, 0.29) is 31.9 Å². The number of pyridine rings is 1. The van der Waals surface area contributed by atoms with Crippen molar-refractivity contribution in [1.82, 2.24) is 19.3 Å². The Morgan fingerprint density at radius 2 is 1.59 bits per heavy atom. The third-order valence-electron chi connectivity index (χ3n) is 11.2. The van der Waals surface area contributed by atoms with Gasteiger partial charge < -0.3 is 9.30 Å². The first-order valence-corrected chi connectivity index (χ1v) is 19.6. The van der Waals surface area contributed by atoms with Gasteiger partial charge in [-0.1, -0.05) is 104 Å². The molecule has 0 fully saturated rings. The average molecular weight is 900 g/mol. The van der Waals surface area contributed by atoms with Gasteiger partial charge in [-0.15, -0.1) is 41.3 Å². The average Bonchev–Trinajstić information content (AvgIpc) is 3.60. The molecule has 3 atom stereocenters. The second-order valence-electron chi connectivity index (χ2n) is 17.6. The number of nitrogens with zero attached hydrogens (tertiary/aromatic N) is 4. The Morgan fingerprint density at radius 3 is 2.30 bits per heavy atom. The van der Waals surface area contributed by atoms with Crippen molar-refractivity contribution in [3.63, 3.8) is 0 Å². The van der Waals surface area contributed by atoms with Gasteiger partial charge in [0.15, 0.2) is 0 Å². The van der Waals surface area contributed by atoms with Gasteiger partial charge in [-0.25, -0.2) is 4.98 Å². The second kappa shape index (κ2) is 15.3. The molecule has 284 valence electrons. The summed E-state index contributed by atoms with van der Waals surface area (Å²) in [7, 11) is 0. The molecule has 0 saturated carbocycles. The molecule has 6 aromatic rings. The molecule has 0 N–H and O–H groups in total. The van der Waals surface area contributed by atoms with Crippen LogP contribution in [0.15, 0.2) is 78.5 Å². The number of aryl methyl sites for hydroxylation is 1. The van der Waals surface area contributed by atoms with Crippen molar-refractivity contribution in [2.75, 3.05) is 0 Å². The van der Waals surface area contributed by atoms with Crippen LogP contribution >= 0.6 is 0 Å². The fourth-order valence-electron chi connectivity index (χ4n) is 8.51. The summed E-state index contributed by atoms with van der Waals surface area (Å²) in [6, 6.07) is 28.7. The maximum absolute atomic E-state index is 6.77. The van der Waals surface area contributed by atoms with E-state index in [0.717, 1.165) is 58.3 Å². The Labute approximate surface area is 337 Å². The Balaban J connectivity index is 0.00000497. The van der Waals surface area contributed by atoms with Gasteiger partial charge in [-0.2, -0.15) is 11.2 Å². The predicted molar refractivity (Wildman–Crippen MR) is 220 cm³/mol. The van der Waals surface area contributed by atoms with Crippen molar-refractivity contribution in [3.05, 3.63) is 119 Å². The topological polar surface area (TPSA) is 44.9 Å². The SMILES string of the molecule is CCCCc1c(C2C(C)=C[C@H](C)C[C@@H]2C)c(C)nn1-c1[c-]c(Oc2[c-]c3c(cc2)c2ccccc2n3-c2cc(C(C)(C)C)ccn2)cc(C(C)(C)C)c1.[Pt+2]. The number of allylic oxidation sites excluding steroid dienone is 2. The first-order valence-electron chi connectivity index (χ1n) is 19.6. The summed E-state index contributed by atoms with van der Waals surface area (Å²) < 4.78 is 11.2. The van der Waals surface area contributed by atoms with Gasteiger partial charge >= 0.3 is 21.1 Å². The van der Waals surface area contributed by atoms with E-state index in [1.165, 1.54) is 34.4 Å². The van der Waals surface area contributed by atoms with Gasteiger partial charge in [0, 0.05) is 40.4 Å². The molecule has 0 aliphatic heterocycles. The number of hydrogen-bond donors (Lipinski definition) is 0. The van der Waals surface area contributed by atoms with Crippen molar-refractivity contribution >= 4 is 21.8 Å². The Bertz CT molecular complexity index is 2330. The van der Waals surface area contributed by atoms with Crippen LogP contribution in [-0.2, 0) is 38.3 Å². The molecule has 7 rings (SSSR count). The molecule has 1 aliphatic rings. The van der Waals surface area contributed by atoms with E-state index in [4.69, 9.17) is 14.8 Å². The Morgan fingerprint density at radius 1 is 0.852 bits per heavy atom. The molecule has 3 heterocycles. The molecule has 0 spiro atoms. The normalized spacial score (nSPS) is 17.8. The van der Waals surface area contributed by atoms with Crippen LogP contribution in [0.5, 0.6) is 11.5 Å². The number of unbranched alkanes of at least 4 members (excludes halogenated alkanes) is 1. The van der Waals surface area contributed by atoms with E-state index in [9.17, 15) is 0 Å². The molecule has 3 aromatic carbocycles. The van der Waals surface area contributed by atoms with E-state index >= 15 is 0 Å². The first-order chi connectivity index (χ1) is 25.1. The summed E-state index contributed by atoms with van der Waals surface area (Å²) in [5.74, 6) is 3.70. The van der Waals surface area contributed by atoms with E-state index in [1.54, 1.807) is 0 Å². The fourth-order valence-corrected chi connectivity index (χ4v) is 8.51. The van der Waals surface area contributed by atoms with Gasteiger partial charge in [0.1, 0.15) is 5.82 Å². The number of fused-ring (bicyclic) bond motifs is 3. The van der Waals surface area contributed by atoms with Crippen LogP contribution < -0.4 is 4.74 Å². The van der Waals surface area contributed by atoms with Crippen LogP contribution in [0.2, 0.25) is 0 Å². The minimum Gasteiger partial charge on any atom is -0.509 e. The number of aromatic nitrogens is 4. The Kier molecular flexibility index (Phi) is 11.3. The van der Waals surface area contributed by atoms with Crippen LogP contribution in [0.1, 0.15) is 122 Å². The van der Waals surface area contributed by atoms with Crippen LogP contribution in [0.25, 0.3) is 33.3 Å². The van der Waals surface area contributed by atoms with Gasteiger partial charge in [0.05, 0.1) is 5.69 Å². The van der Waals surface area contributed by atoms with Crippen LogP contribution in [0, 0.1) is 30.9 Å². The molecule has 0 bridgehead atoms. The molecule has 3 aromatic heterocycles. The largest absolute Gasteiger partial charge is 2.00 e. The summed E-state index contributed by atoms with van der Waals surface area (Å²) in [5, 5.41) is 7.56. The summed E-state index contributed by atoms with van der Waals surface area (Å²) >= 11 is 0. The van der Waals surface area contributed by atoms with E-state index < -0.39 is 0 Å². The minimum absolute atomic E-state index is 0. The van der Waals surface area contributed by atoms with Crippen LogP contribution in [0.4, 0.5) is 0 Å². The zero-order valence-electron chi connectivity index (χ0n) is 34.0. The van der Waals surface area contributed by atoms with Gasteiger partial charge in [0.2, 0.25) is 0 Å². The zero-order chi connectivity index (χ0) is 37.8. The van der Waals surface area contributed by atoms with Crippen LogP contribution in [0.3, 0.4) is 0 Å². The first kappa shape index (κ1) is 39.7. The summed E-state index contributed by atoms with van der Waals surface area (Å²) in [6.07, 6.45) is 8.80. The molecule has 54 heavy (non-hydrogen) atoms. The second-order valence-corrected chi connectivity index (χ2v) is 17.6. The molecule has 0 saturated heterocycles. The molecule has 6 heteroatoms. The molecular formula is C48H56N4OPt. The minimum atomic E-state index is -0.117. The standard InChI is InChI=1S/C48H56N4O.Pt/c1-12-13-17-42-46(45-31(3)23-30(2)24-32(45)4)33(5)50-52(42)36-25-35(48(9,10)11)26-38(28-36)53-37-19-20-40-39-16-14-15-18-41(39)51(43(40)29-37)44-27-34(21-22-49-44)47(6,7)8;/h14-16,18-23,25-27,30,32,45H,12-13,17,24H2,1-11H3;/q-2;+2/t30-,32-,45?;/m0./s1.